The van der Waals surface area contributed by atoms with Crippen molar-refractivity contribution in [2.24, 2.45) is 0 Å². The molecule has 1 N–H and O–H groups in total. The number of hydrogen-bond acceptors (Lipinski definition) is 6. The van der Waals surface area contributed by atoms with Crippen LogP contribution in [0.25, 0.3) is 0 Å². The van der Waals surface area contributed by atoms with Crippen molar-refractivity contribution in [1.82, 2.24) is 5.32 Å². The van der Waals surface area contributed by atoms with Gasteiger partial charge in [0.25, 0.3) is 5.91 Å². The van der Waals surface area contributed by atoms with E-state index < -0.39 is 18.1 Å². The first kappa shape index (κ1) is 18.7. The lowest BCUT2D eigenvalue weighted by Crippen LogP contribution is -2.34. The van der Waals surface area contributed by atoms with E-state index in [1.165, 1.54) is 23.3 Å². The minimum Gasteiger partial charge on any atom is -0.459 e. The summed E-state index contributed by atoms with van der Waals surface area (Å²) in [5.74, 6) is 1.22. The Kier molecular flexibility index (Phi) is 5.43. The standard InChI is InChI=1S/C19H19FN3O4S/c20-15-10-13(3-4-16(15)22-5-8-28-9-6-22)23-12-14(27-19(23)25)11-21-18(24)17-2-1-7-26-17/h1,3-4,7,10,14H,5-6,8-9,11-12H2,(H,21,24)/t14-/m0/s1. The van der Waals surface area contributed by atoms with Gasteiger partial charge in [-0.05, 0) is 24.3 Å². The monoisotopic (exact) mass is 404 g/mol. The molecule has 3 heterocycles. The summed E-state index contributed by atoms with van der Waals surface area (Å²) in [7, 11) is 0. The van der Waals surface area contributed by atoms with Crippen molar-refractivity contribution in [3.8, 4) is 0 Å². The van der Waals surface area contributed by atoms with Gasteiger partial charge in [0.05, 0.1) is 30.7 Å². The van der Waals surface area contributed by atoms with E-state index in [0.29, 0.717) is 11.4 Å². The van der Waals surface area contributed by atoms with Crippen molar-refractivity contribution in [2.75, 3.05) is 47.5 Å². The lowest BCUT2D eigenvalue weighted by atomic mass is 10.2. The van der Waals surface area contributed by atoms with E-state index in [9.17, 15) is 14.0 Å². The molecule has 2 amide bonds. The second-order valence-corrected chi connectivity index (χ2v) is 7.68. The van der Waals surface area contributed by atoms with Crippen molar-refractivity contribution in [3.63, 3.8) is 0 Å². The van der Waals surface area contributed by atoms with E-state index in [2.05, 4.69) is 11.4 Å². The molecule has 28 heavy (non-hydrogen) atoms. The fourth-order valence-electron chi connectivity index (χ4n) is 3.21. The van der Waals surface area contributed by atoms with Gasteiger partial charge in [-0.1, -0.05) is 0 Å². The topological polar surface area (TPSA) is 75.0 Å². The Labute approximate surface area is 165 Å². The van der Waals surface area contributed by atoms with Gasteiger partial charge >= 0.3 is 6.09 Å². The molecule has 1 radical (unpaired) electrons. The number of halogens is 1. The van der Waals surface area contributed by atoms with Gasteiger partial charge < -0.3 is 19.4 Å². The van der Waals surface area contributed by atoms with Gasteiger partial charge in [-0.15, -0.1) is 0 Å². The van der Waals surface area contributed by atoms with Gasteiger partial charge in [-0.3, -0.25) is 9.69 Å². The summed E-state index contributed by atoms with van der Waals surface area (Å²) in [4.78, 5) is 27.5. The van der Waals surface area contributed by atoms with Gasteiger partial charge in [0, 0.05) is 30.7 Å². The molecule has 0 bridgehead atoms. The van der Waals surface area contributed by atoms with Crippen molar-refractivity contribution < 1.29 is 23.1 Å². The number of anilines is 2. The fraction of sp³-hybridized carbons (Fsp3) is 0.368. The predicted molar refractivity (Wildman–Crippen MR) is 103 cm³/mol. The number of nitrogens with zero attached hydrogens (tertiary/aromatic N) is 2. The molecular formula is C19H19FN3O4S. The zero-order valence-electron chi connectivity index (χ0n) is 15.0. The molecule has 0 spiro atoms. The number of cyclic esters (lactones) is 1. The first-order valence-corrected chi connectivity index (χ1v) is 10.1. The molecule has 2 aromatic rings. The summed E-state index contributed by atoms with van der Waals surface area (Å²) < 4.78 is 24.9. The number of carbonyl (C=O) groups is 2. The molecule has 4 rings (SSSR count). The van der Waals surface area contributed by atoms with E-state index >= 15 is 0 Å². The van der Waals surface area contributed by atoms with Gasteiger partial charge in [-0.2, -0.15) is 11.8 Å². The molecule has 1 aromatic carbocycles. The molecule has 1 aromatic heterocycles. The lowest BCUT2D eigenvalue weighted by Gasteiger charge is -2.29. The summed E-state index contributed by atoms with van der Waals surface area (Å²) in [6.45, 7) is 1.96. The van der Waals surface area contributed by atoms with Crippen LogP contribution in [0.3, 0.4) is 0 Å². The maximum atomic E-state index is 14.6. The second kappa shape index (κ2) is 8.14. The highest BCUT2D eigenvalue weighted by atomic mass is 32.2. The van der Waals surface area contributed by atoms with Crippen LogP contribution in [0.15, 0.2) is 34.9 Å². The Morgan fingerprint density at radius 2 is 2.18 bits per heavy atom. The number of benzene rings is 1. The molecule has 147 valence electrons. The molecule has 2 aliphatic rings. The zero-order chi connectivity index (χ0) is 19.5. The van der Waals surface area contributed by atoms with Gasteiger partial charge in [0.2, 0.25) is 0 Å². The summed E-state index contributed by atoms with van der Waals surface area (Å²) in [5, 5.41) is 2.63. The molecule has 9 heteroatoms. The van der Waals surface area contributed by atoms with Gasteiger partial charge in [-0.25, -0.2) is 9.18 Å². The van der Waals surface area contributed by atoms with Crippen LogP contribution in [0.4, 0.5) is 20.6 Å². The van der Waals surface area contributed by atoms with E-state index in [0.717, 1.165) is 24.6 Å². The Morgan fingerprint density at radius 1 is 1.36 bits per heavy atom. The number of carbonyl (C=O) groups excluding carboxylic acids is 2. The number of furan rings is 1. The molecule has 2 aliphatic heterocycles. The summed E-state index contributed by atoms with van der Waals surface area (Å²) in [6, 6.07) is 8.93. The minimum atomic E-state index is -0.565. The van der Waals surface area contributed by atoms with Crippen LogP contribution in [0.2, 0.25) is 0 Å². The predicted octanol–water partition coefficient (Wildman–Crippen LogP) is 2.53. The van der Waals surface area contributed by atoms with Gasteiger partial charge in [0.1, 0.15) is 11.9 Å². The number of ether oxygens (including phenoxy) is 1. The summed E-state index contributed by atoms with van der Waals surface area (Å²) in [6.07, 6.45) is 0.256. The van der Waals surface area contributed by atoms with E-state index in [4.69, 9.17) is 9.15 Å². The highest BCUT2D eigenvalue weighted by Gasteiger charge is 2.33. The number of amides is 2. The normalized spacial score (nSPS) is 19.6. The van der Waals surface area contributed by atoms with Crippen molar-refractivity contribution in [3.05, 3.63) is 48.2 Å². The van der Waals surface area contributed by atoms with E-state index in [1.807, 2.05) is 16.7 Å². The number of hydrogen-bond donors (Lipinski definition) is 1. The molecule has 7 nitrogen and oxygen atoms in total. The number of thioether (sulfide) groups is 1. The molecule has 2 fully saturated rings. The Balaban J connectivity index is 1.38. The van der Waals surface area contributed by atoms with Crippen LogP contribution >= 0.6 is 11.8 Å². The quantitative estimate of drug-likeness (QED) is 0.826. The first-order chi connectivity index (χ1) is 13.6. The van der Waals surface area contributed by atoms with Crippen molar-refractivity contribution in [2.45, 2.75) is 6.10 Å². The largest absolute Gasteiger partial charge is 0.459 e. The lowest BCUT2D eigenvalue weighted by molar-refractivity contribution is 0.0889. The third-order valence-corrected chi connectivity index (χ3v) is 5.58. The molecular weight excluding hydrogens is 385 g/mol. The molecule has 0 aliphatic carbocycles. The van der Waals surface area contributed by atoms with E-state index in [1.54, 1.807) is 12.1 Å². The molecule has 0 saturated carbocycles. The van der Waals surface area contributed by atoms with Crippen LogP contribution in [0.1, 0.15) is 10.6 Å². The smallest absolute Gasteiger partial charge is 0.414 e. The van der Waals surface area contributed by atoms with Crippen molar-refractivity contribution >= 4 is 35.1 Å². The average molecular weight is 404 g/mol. The summed E-state index contributed by atoms with van der Waals surface area (Å²) in [5.41, 5.74) is 0.987. The zero-order valence-corrected chi connectivity index (χ0v) is 15.8. The minimum absolute atomic E-state index is 0.0648. The Morgan fingerprint density at radius 3 is 2.89 bits per heavy atom. The summed E-state index contributed by atoms with van der Waals surface area (Å²) >= 11 is 1.86. The first-order valence-electron chi connectivity index (χ1n) is 8.95. The van der Waals surface area contributed by atoms with Crippen LogP contribution in [0.5, 0.6) is 0 Å². The Bertz CT molecular complexity index is 855. The maximum Gasteiger partial charge on any atom is 0.414 e. The third-order valence-electron chi connectivity index (χ3n) is 4.63. The van der Waals surface area contributed by atoms with Crippen LogP contribution in [-0.2, 0) is 4.74 Å². The van der Waals surface area contributed by atoms with Crippen LogP contribution in [-0.4, -0.2) is 55.8 Å². The Hall–Kier alpha value is -2.68. The highest BCUT2D eigenvalue weighted by molar-refractivity contribution is 7.99. The van der Waals surface area contributed by atoms with Crippen LogP contribution < -0.4 is 15.1 Å². The number of nitrogens with one attached hydrogen (secondary N) is 1. The SMILES string of the molecule is O=C(NC[C@H]1CN(c2ccc(N3CCSCC3)c(F)c2)C(=O)O1)c1[c]cco1. The van der Waals surface area contributed by atoms with Gasteiger partial charge in [0.15, 0.2) is 5.76 Å². The fourth-order valence-corrected chi connectivity index (χ4v) is 4.12. The average Bonchev–Trinajstić information content (AvgIpc) is 3.37. The number of rotatable bonds is 5. The molecule has 0 unspecified atom stereocenters. The second-order valence-electron chi connectivity index (χ2n) is 6.46. The molecule has 1 atom stereocenters. The highest BCUT2D eigenvalue weighted by Crippen LogP contribution is 2.29. The third kappa shape index (κ3) is 3.94. The molecule has 2 saturated heterocycles. The van der Waals surface area contributed by atoms with Crippen molar-refractivity contribution in [1.29, 1.82) is 0 Å². The maximum absolute atomic E-state index is 14.6. The van der Waals surface area contributed by atoms with E-state index in [-0.39, 0.29) is 24.7 Å². The van der Waals surface area contributed by atoms with Crippen LogP contribution in [0, 0.1) is 11.9 Å².